The van der Waals surface area contributed by atoms with E-state index in [4.69, 9.17) is 0 Å². The molecule has 30 heavy (non-hydrogen) atoms. The molecule has 1 unspecified atom stereocenters. The highest BCUT2D eigenvalue weighted by Crippen LogP contribution is 2.25. The van der Waals surface area contributed by atoms with Crippen LogP contribution >= 0.6 is 0 Å². The zero-order chi connectivity index (χ0) is 21.5. The maximum Gasteiger partial charge on any atom is 0.257 e. The fraction of sp³-hybridized carbons (Fsp3) is 0.167. The summed E-state index contributed by atoms with van der Waals surface area (Å²) in [6.45, 7) is 3.83. The second kappa shape index (κ2) is 7.63. The number of pyridine rings is 1. The number of amides is 1. The third kappa shape index (κ3) is 3.60. The Hall–Kier alpha value is -3.09. The molecule has 0 saturated carbocycles. The van der Waals surface area contributed by atoms with Gasteiger partial charge in [0.15, 0.2) is 10.3 Å². The van der Waals surface area contributed by atoms with Crippen molar-refractivity contribution in [3.8, 4) is 0 Å². The van der Waals surface area contributed by atoms with Crippen LogP contribution in [-0.4, -0.2) is 21.7 Å². The summed E-state index contributed by atoms with van der Waals surface area (Å²) in [5.41, 5.74) is 1.70. The minimum Gasteiger partial charge on any atom is -0.612 e. The summed E-state index contributed by atoms with van der Waals surface area (Å²) in [5, 5.41) is 4.01. The lowest BCUT2D eigenvalue weighted by atomic mass is 9.94. The van der Waals surface area contributed by atoms with Crippen LogP contribution in [0.3, 0.4) is 0 Å². The Balaban J connectivity index is 1.85. The van der Waals surface area contributed by atoms with Gasteiger partial charge in [0.05, 0.1) is 22.0 Å². The number of carbonyl (C=O) groups is 1. The Kier molecular flexibility index (Phi) is 5.13. The second-order valence-corrected chi connectivity index (χ2v) is 9.14. The molecule has 0 spiro atoms. The van der Waals surface area contributed by atoms with Crippen molar-refractivity contribution in [2.24, 2.45) is 0 Å². The Morgan fingerprint density at radius 3 is 2.33 bits per heavy atom. The number of H-pyrrole nitrogens is 1. The number of carbonyl (C=O) groups excluding carboxylic acids is 1. The molecular formula is C24H22N2O3S. The third-order valence-corrected chi connectivity index (χ3v) is 6.24. The average Bonchev–Trinajstić information content (AvgIpc) is 2.73. The van der Waals surface area contributed by atoms with Gasteiger partial charge in [-0.25, -0.2) is 0 Å². The first-order chi connectivity index (χ1) is 14.3. The third-order valence-electron chi connectivity index (χ3n) is 5.28. The Labute approximate surface area is 177 Å². The molecule has 1 atom stereocenters. The fourth-order valence-electron chi connectivity index (χ4n) is 3.64. The lowest BCUT2D eigenvalue weighted by molar-refractivity contribution is 0.0909. The van der Waals surface area contributed by atoms with Gasteiger partial charge in [-0.05, 0) is 48.8 Å². The number of rotatable bonds is 4. The molecule has 0 radical (unpaired) electrons. The van der Waals surface area contributed by atoms with Crippen molar-refractivity contribution in [3.63, 3.8) is 0 Å². The van der Waals surface area contributed by atoms with Crippen LogP contribution in [0.25, 0.3) is 21.8 Å². The summed E-state index contributed by atoms with van der Waals surface area (Å²) in [4.78, 5) is 29.7. The van der Waals surface area contributed by atoms with Crippen LogP contribution < -0.4 is 10.7 Å². The molecule has 4 rings (SSSR count). The van der Waals surface area contributed by atoms with Gasteiger partial charge in [-0.2, -0.15) is 0 Å². The van der Waals surface area contributed by atoms with Crippen LogP contribution in [0.1, 0.15) is 29.8 Å². The number of aromatic amines is 1. The van der Waals surface area contributed by atoms with Gasteiger partial charge in [0.2, 0.25) is 0 Å². The zero-order valence-electron chi connectivity index (χ0n) is 17.0. The standard InChI is InChI=1S/C24H22N2O3S/c1-24(2,15-9-5-4-6-10-15)26-23(28)18-13-20-17(14-21(18)30(3)29)22(27)16-11-7-8-12-19(16)25-20/h4-14H,1-3H3,(H,25,27)(H,26,28). The number of hydrogen-bond donors (Lipinski definition) is 2. The van der Waals surface area contributed by atoms with E-state index in [0.29, 0.717) is 32.3 Å². The van der Waals surface area contributed by atoms with Crippen molar-refractivity contribution in [2.75, 3.05) is 6.26 Å². The molecule has 0 bridgehead atoms. The molecule has 152 valence electrons. The van der Waals surface area contributed by atoms with Crippen molar-refractivity contribution in [2.45, 2.75) is 24.3 Å². The lowest BCUT2D eigenvalue weighted by Gasteiger charge is -2.27. The first-order valence-electron chi connectivity index (χ1n) is 9.58. The molecule has 0 fully saturated rings. The number of fused-ring (bicyclic) bond motifs is 2. The number of nitrogens with one attached hydrogen (secondary N) is 2. The molecule has 1 amide bonds. The topological polar surface area (TPSA) is 85.0 Å². The van der Waals surface area contributed by atoms with Crippen molar-refractivity contribution < 1.29 is 9.35 Å². The summed E-state index contributed by atoms with van der Waals surface area (Å²) >= 11 is -1.45. The molecule has 0 aliphatic heterocycles. The highest BCUT2D eigenvalue weighted by atomic mass is 32.2. The summed E-state index contributed by atoms with van der Waals surface area (Å²) in [6, 6.07) is 20.1. The van der Waals surface area contributed by atoms with Crippen molar-refractivity contribution in [1.29, 1.82) is 0 Å². The van der Waals surface area contributed by atoms with E-state index in [1.807, 2.05) is 56.3 Å². The predicted octanol–water partition coefficient (Wildman–Crippen LogP) is 4.08. The molecule has 6 heteroatoms. The van der Waals surface area contributed by atoms with Gasteiger partial charge in [-0.15, -0.1) is 0 Å². The quantitative estimate of drug-likeness (QED) is 0.387. The SMILES string of the molecule is C[S+]([O-])c1cc2c(=O)c3ccccc3[nH]c2cc1C(=O)NC(C)(C)c1ccccc1. The largest absolute Gasteiger partial charge is 0.612 e. The Morgan fingerprint density at radius 2 is 1.63 bits per heavy atom. The van der Waals surface area contributed by atoms with Gasteiger partial charge in [0.25, 0.3) is 5.91 Å². The van der Waals surface area contributed by atoms with E-state index in [-0.39, 0.29) is 11.3 Å². The summed E-state index contributed by atoms with van der Waals surface area (Å²) < 4.78 is 12.4. The van der Waals surface area contributed by atoms with E-state index >= 15 is 0 Å². The van der Waals surface area contributed by atoms with Gasteiger partial charge in [0.1, 0.15) is 6.26 Å². The van der Waals surface area contributed by atoms with E-state index < -0.39 is 16.7 Å². The van der Waals surface area contributed by atoms with Gasteiger partial charge in [-0.1, -0.05) is 42.5 Å². The molecule has 0 aliphatic rings. The first-order valence-corrected chi connectivity index (χ1v) is 11.1. The van der Waals surface area contributed by atoms with Crippen LogP contribution in [0.15, 0.2) is 76.4 Å². The van der Waals surface area contributed by atoms with Crippen LogP contribution in [-0.2, 0) is 16.7 Å². The normalized spacial score (nSPS) is 12.8. The average molecular weight is 419 g/mol. The second-order valence-electron chi connectivity index (χ2n) is 7.79. The number of aromatic nitrogens is 1. The summed E-state index contributed by atoms with van der Waals surface area (Å²) in [7, 11) is 0. The Bertz CT molecular complexity index is 1310. The summed E-state index contributed by atoms with van der Waals surface area (Å²) in [5.74, 6) is -0.343. The maximum atomic E-state index is 13.2. The molecule has 1 heterocycles. The lowest BCUT2D eigenvalue weighted by Crippen LogP contribution is -2.41. The monoisotopic (exact) mass is 418 g/mol. The van der Waals surface area contributed by atoms with Crippen LogP contribution in [0.4, 0.5) is 0 Å². The highest BCUT2D eigenvalue weighted by Gasteiger charge is 2.27. The van der Waals surface area contributed by atoms with Crippen LogP contribution in [0.2, 0.25) is 0 Å². The van der Waals surface area contributed by atoms with E-state index in [2.05, 4.69) is 10.3 Å². The van der Waals surface area contributed by atoms with Crippen LogP contribution in [0, 0.1) is 0 Å². The van der Waals surface area contributed by atoms with Gasteiger partial charge in [-0.3, -0.25) is 9.59 Å². The molecule has 3 aromatic carbocycles. The fourth-order valence-corrected chi connectivity index (χ4v) is 4.39. The first kappa shape index (κ1) is 20.2. The molecule has 0 aliphatic carbocycles. The van der Waals surface area contributed by atoms with Crippen molar-refractivity contribution in [3.05, 3.63) is 88.1 Å². The molecule has 5 nitrogen and oxygen atoms in total. The van der Waals surface area contributed by atoms with Crippen LogP contribution in [0.5, 0.6) is 0 Å². The smallest absolute Gasteiger partial charge is 0.257 e. The molecule has 0 saturated heterocycles. The number of para-hydroxylation sites is 1. The predicted molar refractivity (Wildman–Crippen MR) is 121 cm³/mol. The van der Waals surface area contributed by atoms with Crippen molar-refractivity contribution in [1.82, 2.24) is 10.3 Å². The minimum atomic E-state index is -1.45. The zero-order valence-corrected chi connectivity index (χ0v) is 17.8. The van der Waals surface area contributed by atoms with E-state index in [9.17, 15) is 14.1 Å². The van der Waals surface area contributed by atoms with E-state index in [0.717, 1.165) is 5.56 Å². The van der Waals surface area contributed by atoms with Gasteiger partial charge >= 0.3 is 0 Å². The number of benzene rings is 3. The summed E-state index contributed by atoms with van der Waals surface area (Å²) in [6.07, 6.45) is 1.51. The molecule has 1 aromatic heterocycles. The molecule has 4 aromatic rings. The van der Waals surface area contributed by atoms with E-state index in [1.54, 1.807) is 24.3 Å². The molecular weight excluding hydrogens is 396 g/mol. The Morgan fingerprint density at radius 1 is 0.967 bits per heavy atom. The maximum absolute atomic E-state index is 13.2. The highest BCUT2D eigenvalue weighted by molar-refractivity contribution is 7.90. The molecule has 2 N–H and O–H groups in total. The van der Waals surface area contributed by atoms with Crippen molar-refractivity contribution >= 4 is 38.9 Å². The minimum absolute atomic E-state index is 0.150. The van der Waals surface area contributed by atoms with Gasteiger partial charge in [0, 0.05) is 17.0 Å². The van der Waals surface area contributed by atoms with E-state index in [1.165, 1.54) is 6.26 Å². The van der Waals surface area contributed by atoms with Gasteiger partial charge < -0.3 is 14.9 Å². The number of hydrogen-bond acceptors (Lipinski definition) is 3.